The van der Waals surface area contributed by atoms with E-state index in [1.165, 1.54) is 32.1 Å². The Bertz CT molecular complexity index is 951. The number of nitrogens with zero attached hydrogens (tertiary/aromatic N) is 1. The zero-order valence-corrected chi connectivity index (χ0v) is 23.5. The van der Waals surface area contributed by atoms with Crippen molar-refractivity contribution in [1.29, 1.82) is 0 Å². The van der Waals surface area contributed by atoms with Crippen LogP contribution in [-0.4, -0.2) is 41.9 Å². The molecule has 0 heterocycles. The average Bonchev–Trinajstić information content (AvgIpc) is 2.95. The summed E-state index contributed by atoms with van der Waals surface area (Å²) in [5.74, 6) is 0.411. The Balaban J connectivity index is 1.75. The van der Waals surface area contributed by atoms with Crippen molar-refractivity contribution < 1.29 is 9.59 Å². The maximum absolute atomic E-state index is 13.9. The summed E-state index contributed by atoms with van der Waals surface area (Å²) in [4.78, 5) is 29.7. The van der Waals surface area contributed by atoms with Crippen LogP contribution in [0, 0.1) is 5.92 Å². The fourth-order valence-corrected chi connectivity index (χ4v) is 5.59. The summed E-state index contributed by atoms with van der Waals surface area (Å²) in [6.45, 7) is 7.04. The zero-order valence-electron chi connectivity index (χ0n) is 23.5. The molecule has 6 nitrogen and oxygen atoms in total. The van der Waals surface area contributed by atoms with E-state index >= 15 is 0 Å². The lowest BCUT2D eigenvalue weighted by Crippen LogP contribution is -2.55. The van der Waals surface area contributed by atoms with E-state index in [0.717, 1.165) is 49.0 Å². The van der Waals surface area contributed by atoms with E-state index < -0.39 is 6.04 Å². The second-order valence-electron chi connectivity index (χ2n) is 10.8. The topological polar surface area (TPSA) is 87.5 Å². The van der Waals surface area contributed by atoms with Gasteiger partial charge in [0.1, 0.15) is 6.04 Å². The first kappa shape index (κ1) is 29.9. The van der Waals surface area contributed by atoms with E-state index in [4.69, 9.17) is 5.73 Å². The summed E-state index contributed by atoms with van der Waals surface area (Å²) >= 11 is 0. The Labute approximate surface area is 229 Å². The predicted molar refractivity (Wildman–Crippen MR) is 155 cm³/mol. The molecule has 0 aromatic heterocycles. The molecule has 0 spiro atoms. The Kier molecular flexibility index (Phi) is 12.8. The molecule has 0 radical (unpaired) electrons. The van der Waals surface area contributed by atoms with E-state index in [2.05, 4.69) is 29.4 Å². The molecular weight excluding hydrogens is 472 g/mol. The summed E-state index contributed by atoms with van der Waals surface area (Å²) in [6, 6.07) is 17.0. The van der Waals surface area contributed by atoms with Gasteiger partial charge in [0, 0.05) is 19.5 Å². The normalized spacial score (nSPS) is 15.7. The van der Waals surface area contributed by atoms with Gasteiger partial charge in [-0.2, -0.15) is 0 Å². The highest BCUT2D eigenvalue weighted by molar-refractivity contribution is 5.90. The molecule has 1 aliphatic carbocycles. The van der Waals surface area contributed by atoms with Crippen LogP contribution in [0.3, 0.4) is 0 Å². The largest absolute Gasteiger partial charge is 0.350 e. The second kappa shape index (κ2) is 16.3. The van der Waals surface area contributed by atoms with Crippen LogP contribution in [-0.2, 0) is 29.1 Å². The molecule has 1 unspecified atom stereocenters. The van der Waals surface area contributed by atoms with Crippen LogP contribution in [0.5, 0.6) is 0 Å². The Hall–Kier alpha value is -2.70. The standard InChI is InChI=1S/C32H48N4O2/c1-3-19-36(20-4-2)30(22-26-13-9-6-10-14-26)32(38)35-29(21-25-11-7-5-8-12-25)31(37)34-24-28-17-15-27(23-33)16-18-28/h5,7-8,11-12,15-18,26,29-30H,3-4,6,9-10,13-14,19-24,33H2,1-2H3,(H,34,37)(H,35,38)/t29-,30?/m0/s1. The molecule has 1 fully saturated rings. The Morgan fingerprint density at radius 2 is 1.50 bits per heavy atom. The van der Waals surface area contributed by atoms with Crippen molar-refractivity contribution in [3.05, 3.63) is 71.3 Å². The van der Waals surface area contributed by atoms with Gasteiger partial charge in [0.25, 0.3) is 0 Å². The first-order valence-corrected chi connectivity index (χ1v) is 14.7. The van der Waals surface area contributed by atoms with Crippen molar-refractivity contribution in [2.24, 2.45) is 11.7 Å². The van der Waals surface area contributed by atoms with Crippen LogP contribution < -0.4 is 16.4 Å². The first-order chi connectivity index (χ1) is 18.5. The molecule has 2 amide bonds. The zero-order chi connectivity index (χ0) is 27.2. The third kappa shape index (κ3) is 9.55. The van der Waals surface area contributed by atoms with E-state index in [0.29, 0.717) is 25.4 Å². The maximum atomic E-state index is 13.9. The number of amides is 2. The van der Waals surface area contributed by atoms with Crippen LogP contribution in [0.4, 0.5) is 0 Å². The van der Waals surface area contributed by atoms with Gasteiger partial charge in [-0.1, -0.05) is 101 Å². The number of hydrogen-bond donors (Lipinski definition) is 3. The maximum Gasteiger partial charge on any atom is 0.243 e. The highest BCUT2D eigenvalue weighted by atomic mass is 16.2. The number of carbonyl (C=O) groups is 2. The van der Waals surface area contributed by atoms with Crippen molar-refractivity contribution in [2.75, 3.05) is 13.1 Å². The van der Waals surface area contributed by atoms with Crippen LogP contribution >= 0.6 is 0 Å². The van der Waals surface area contributed by atoms with Gasteiger partial charge in [-0.05, 0) is 55.0 Å². The van der Waals surface area contributed by atoms with Crippen molar-refractivity contribution in [1.82, 2.24) is 15.5 Å². The van der Waals surface area contributed by atoms with Gasteiger partial charge in [0.15, 0.2) is 0 Å². The van der Waals surface area contributed by atoms with Crippen molar-refractivity contribution in [3.8, 4) is 0 Å². The van der Waals surface area contributed by atoms with Crippen LogP contribution in [0.15, 0.2) is 54.6 Å². The summed E-state index contributed by atoms with van der Waals surface area (Å²) in [7, 11) is 0. The molecule has 2 aromatic rings. The third-order valence-electron chi connectivity index (χ3n) is 7.69. The minimum atomic E-state index is -0.632. The molecule has 0 aliphatic heterocycles. The van der Waals surface area contributed by atoms with Crippen molar-refractivity contribution >= 4 is 11.8 Å². The number of carbonyl (C=O) groups excluding carboxylic acids is 2. The minimum absolute atomic E-state index is 0.0131. The monoisotopic (exact) mass is 520 g/mol. The van der Waals surface area contributed by atoms with Gasteiger partial charge in [-0.15, -0.1) is 0 Å². The molecule has 2 aromatic carbocycles. The van der Waals surface area contributed by atoms with Gasteiger partial charge in [-0.3, -0.25) is 14.5 Å². The molecule has 2 atom stereocenters. The fourth-order valence-electron chi connectivity index (χ4n) is 5.59. The van der Waals surface area contributed by atoms with Gasteiger partial charge in [0.05, 0.1) is 6.04 Å². The third-order valence-corrected chi connectivity index (χ3v) is 7.69. The molecule has 4 N–H and O–H groups in total. The average molecular weight is 521 g/mol. The van der Waals surface area contributed by atoms with Gasteiger partial charge < -0.3 is 16.4 Å². The number of nitrogens with two attached hydrogens (primary N) is 1. The summed E-state index contributed by atoms with van der Waals surface area (Å²) in [5.41, 5.74) is 8.81. The molecule has 3 rings (SSSR count). The van der Waals surface area contributed by atoms with Crippen LogP contribution in [0.1, 0.15) is 81.9 Å². The molecule has 0 saturated heterocycles. The highest BCUT2D eigenvalue weighted by Gasteiger charge is 2.32. The number of hydrogen-bond acceptors (Lipinski definition) is 4. The van der Waals surface area contributed by atoms with Gasteiger partial charge in [-0.25, -0.2) is 0 Å². The molecule has 1 aliphatic rings. The lowest BCUT2D eigenvalue weighted by Gasteiger charge is -2.35. The molecule has 6 heteroatoms. The lowest BCUT2D eigenvalue weighted by molar-refractivity contribution is -0.132. The molecule has 208 valence electrons. The molecule has 0 bridgehead atoms. The number of benzene rings is 2. The smallest absolute Gasteiger partial charge is 0.243 e. The van der Waals surface area contributed by atoms with Gasteiger partial charge >= 0.3 is 0 Å². The summed E-state index contributed by atoms with van der Waals surface area (Å²) in [5, 5.41) is 6.26. The summed E-state index contributed by atoms with van der Waals surface area (Å²) in [6.07, 6.45) is 9.56. The quantitative estimate of drug-likeness (QED) is 0.310. The van der Waals surface area contributed by atoms with E-state index in [-0.39, 0.29) is 17.9 Å². The Morgan fingerprint density at radius 3 is 2.11 bits per heavy atom. The first-order valence-electron chi connectivity index (χ1n) is 14.7. The van der Waals surface area contributed by atoms with Crippen molar-refractivity contribution in [2.45, 2.75) is 96.8 Å². The van der Waals surface area contributed by atoms with Gasteiger partial charge in [0.2, 0.25) is 11.8 Å². The van der Waals surface area contributed by atoms with Crippen molar-refractivity contribution in [3.63, 3.8) is 0 Å². The van der Waals surface area contributed by atoms with E-state index in [1.54, 1.807) is 0 Å². The molecule has 1 saturated carbocycles. The van der Waals surface area contributed by atoms with Crippen LogP contribution in [0.2, 0.25) is 0 Å². The summed E-state index contributed by atoms with van der Waals surface area (Å²) < 4.78 is 0. The number of nitrogens with one attached hydrogen (secondary N) is 2. The molecule has 38 heavy (non-hydrogen) atoms. The highest BCUT2D eigenvalue weighted by Crippen LogP contribution is 2.29. The van der Waals surface area contributed by atoms with Crippen LogP contribution in [0.25, 0.3) is 0 Å². The van der Waals surface area contributed by atoms with E-state index in [1.807, 2.05) is 54.6 Å². The Morgan fingerprint density at radius 1 is 0.868 bits per heavy atom. The lowest BCUT2D eigenvalue weighted by atomic mass is 9.84. The predicted octanol–water partition coefficient (Wildman–Crippen LogP) is 4.95. The van der Waals surface area contributed by atoms with E-state index in [9.17, 15) is 9.59 Å². The minimum Gasteiger partial charge on any atom is -0.350 e. The fraction of sp³-hybridized carbons (Fsp3) is 0.562. The SMILES string of the molecule is CCCN(CCC)C(CC1CCCCC1)C(=O)N[C@@H](Cc1ccccc1)C(=O)NCc1ccc(CN)cc1. The number of rotatable bonds is 15. The molecular formula is C32H48N4O2. The second-order valence-corrected chi connectivity index (χ2v) is 10.8.